The summed E-state index contributed by atoms with van der Waals surface area (Å²) in [6.07, 6.45) is -4.55. The van der Waals surface area contributed by atoms with Crippen LogP contribution < -0.4 is 10.6 Å². The van der Waals surface area contributed by atoms with E-state index in [4.69, 9.17) is 0 Å². The minimum atomic E-state index is -4.61. The van der Waals surface area contributed by atoms with E-state index in [2.05, 4.69) is 25.8 Å². The predicted molar refractivity (Wildman–Crippen MR) is 96.0 cm³/mol. The number of thiophene rings is 1. The van der Waals surface area contributed by atoms with E-state index < -0.39 is 17.1 Å². The van der Waals surface area contributed by atoms with Gasteiger partial charge >= 0.3 is 6.18 Å². The molecule has 27 heavy (non-hydrogen) atoms. The summed E-state index contributed by atoms with van der Waals surface area (Å²) in [6, 6.07) is 3.70. The number of carbonyl (C=O) groups excluding carboxylic acids is 2. The van der Waals surface area contributed by atoms with E-state index in [1.54, 1.807) is 5.38 Å². The van der Waals surface area contributed by atoms with Gasteiger partial charge < -0.3 is 10.6 Å². The molecule has 0 unspecified atom stereocenters. The second-order valence-electron chi connectivity index (χ2n) is 5.08. The fraction of sp³-hybridized carbons (Fsp3) is 0.214. The molecule has 3 aromatic rings. The van der Waals surface area contributed by atoms with Crippen LogP contribution in [0.3, 0.4) is 0 Å². The summed E-state index contributed by atoms with van der Waals surface area (Å²) in [5.74, 6) is -0.807. The Morgan fingerprint density at radius 3 is 2.44 bits per heavy atom. The fourth-order valence-corrected chi connectivity index (χ4v) is 3.95. The van der Waals surface area contributed by atoms with Gasteiger partial charge in [0.1, 0.15) is 0 Å². The van der Waals surface area contributed by atoms with E-state index in [0.29, 0.717) is 10.8 Å². The van der Waals surface area contributed by atoms with Gasteiger partial charge in [-0.1, -0.05) is 17.4 Å². The summed E-state index contributed by atoms with van der Waals surface area (Å²) in [7, 11) is 0. The lowest BCUT2D eigenvalue weighted by atomic mass is 10.3. The van der Waals surface area contributed by atoms with Crippen LogP contribution in [0.15, 0.2) is 22.9 Å². The van der Waals surface area contributed by atoms with Crippen molar-refractivity contribution in [3.8, 4) is 0 Å². The van der Waals surface area contributed by atoms with Crippen LogP contribution in [0.25, 0.3) is 0 Å². The molecular weight excluding hydrogens is 423 g/mol. The molecule has 3 heterocycles. The second kappa shape index (κ2) is 8.10. The molecule has 13 heteroatoms. The van der Waals surface area contributed by atoms with Crippen LogP contribution in [0.2, 0.25) is 0 Å². The molecule has 0 aromatic carbocycles. The Kier molecular flexibility index (Phi) is 5.82. The molecule has 0 fully saturated rings. The monoisotopic (exact) mass is 433 g/mol. The van der Waals surface area contributed by atoms with Crippen molar-refractivity contribution < 1.29 is 22.8 Å². The van der Waals surface area contributed by atoms with E-state index in [0.717, 1.165) is 16.2 Å². The Morgan fingerprint density at radius 2 is 1.78 bits per heavy atom. The third-order valence-electron chi connectivity index (χ3n) is 2.97. The summed E-state index contributed by atoms with van der Waals surface area (Å²) >= 11 is 2.86. The van der Waals surface area contributed by atoms with Crippen LogP contribution in [-0.4, -0.2) is 27.0 Å². The quantitative estimate of drug-likeness (QED) is 0.621. The Hall–Kier alpha value is -2.38. The van der Waals surface area contributed by atoms with E-state index in [9.17, 15) is 22.8 Å². The Balaban J connectivity index is 1.51. The zero-order chi connectivity index (χ0) is 19.4. The Morgan fingerprint density at radius 1 is 1.04 bits per heavy atom. The molecule has 3 aromatic heterocycles. The van der Waals surface area contributed by atoms with Crippen molar-refractivity contribution in [2.75, 3.05) is 10.6 Å². The van der Waals surface area contributed by atoms with Crippen molar-refractivity contribution in [1.82, 2.24) is 15.2 Å². The van der Waals surface area contributed by atoms with Crippen molar-refractivity contribution in [1.29, 1.82) is 0 Å². The Labute approximate surface area is 162 Å². The Bertz CT molecular complexity index is 936. The van der Waals surface area contributed by atoms with E-state index in [1.807, 2.05) is 17.5 Å². The highest BCUT2D eigenvalue weighted by molar-refractivity contribution is 7.15. The molecular formula is C14H10F3N5O2S3. The number of alkyl halides is 3. The van der Waals surface area contributed by atoms with Gasteiger partial charge in [-0.05, 0) is 11.4 Å². The highest BCUT2D eigenvalue weighted by Crippen LogP contribution is 2.33. The zero-order valence-electron chi connectivity index (χ0n) is 13.2. The molecule has 3 rings (SSSR count). The van der Waals surface area contributed by atoms with Gasteiger partial charge in [-0.2, -0.15) is 13.2 Å². The lowest BCUT2D eigenvalue weighted by Gasteiger charge is -2.00. The smallest absolute Gasteiger partial charge is 0.302 e. The number of amides is 2. The molecule has 0 saturated heterocycles. The molecule has 0 bridgehead atoms. The van der Waals surface area contributed by atoms with Gasteiger partial charge in [-0.15, -0.1) is 32.9 Å². The van der Waals surface area contributed by atoms with E-state index >= 15 is 0 Å². The summed E-state index contributed by atoms with van der Waals surface area (Å²) in [5, 5.41) is 13.6. The number of aromatic nitrogens is 3. The van der Waals surface area contributed by atoms with Gasteiger partial charge in [0.2, 0.25) is 22.0 Å². The molecule has 0 aliphatic heterocycles. The van der Waals surface area contributed by atoms with Crippen molar-refractivity contribution in [2.45, 2.75) is 19.0 Å². The topological polar surface area (TPSA) is 96.9 Å². The first-order valence-corrected chi connectivity index (χ1v) is 9.84. The van der Waals surface area contributed by atoms with Crippen LogP contribution in [-0.2, 0) is 28.6 Å². The third-order valence-corrected chi connectivity index (χ3v) is 5.53. The SMILES string of the molecule is O=C(Cc1cccs1)Nc1nc(CC(=O)Nc2nnc(C(F)(F)F)s2)cs1. The number of nitrogens with one attached hydrogen (secondary N) is 2. The molecule has 142 valence electrons. The number of hydrogen-bond donors (Lipinski definition) is 2. The summed E-state index contributed by atoms with van der Waals surface area (Å²) in [6.45, 7) is 0. The van der Waals surface area contributed by atoms with Gasteiger partial charge in [0, 0.05) is 10.3 Å². The van der Waals surface area contributed by atoms with Crippen LogP contribution in [0.5, 0.6) is 0 Å². The number of hydrogen-bond acceptors (Lipinski definition) is 8. The number of carbonyl (C=O) groups is 2. The second-order valence-corrected chi connectivity index (χ2v) is 7.95. The number of rotatable bonds is 6. The van der Waals surface area contributed by atoms with Crippen LogP contribution in [0, 0.1) is 0 Å². The maximum Gasteiger partial charge on any atom is 0.445 e. The minimum absolute atomic E-state index is 0.168. The van der Waals surface area contributed by atoms with Crippen molar-refractivity contribution >= 4 is 56.1 Å². The molecule has 2 N–H and O–H groups in total. The normalized spacial score (nSPS) is 11.4. The largest absolute Gasteiger partial charge is 0.445 e. The molecule has 0 aliphatic carbocycles. The highest BCUT2D eigenvalue weighted by Gasteiger charge is 2.35. The van der Waals surface area contributed by atoms with Crippen molar-refractivity contribution in [3.63, 3.8) is 0 Å². The number of halogens is 3. The molecule has 2 amide bonds. The maximum atomic E-state index is 12.5. The van der Waals surface area contributed by atoms with E-state index in [1.165, 1.54) is 11.3 Å². The van der Waals surface area contributed by atoms with Crippen LogP contribution in [0.4, 0.5) is 23.4 Å². The van der Waals surface area contributed by atoms with Crippen molar-refractivity contribution in [3.05, 3.63) is 38.5 Å². The zero-order valence-corrected chi connectivity index (χ0v) is 15.7. The van der Waals surface area contributed by atoms with Gasteiger partial charge in [-0.3, -0.25) is 9.59 Å². The van der Waals surface area contributed by atoms with Gasteiger partial charge in [0.05, 0.1) is 18.5 Å². The molecule has 0 radical (unpaired) electrons. The van der Waals surface area contributed by atoms with E-state index in [-0.39, 0.29) is 35.2 Å². The molecule has 7 nitrogen and oxygen atoms in total. The first kappa shape index (κ1) is 19.4. The van der Waals surface area contributed by atoms with Crippen LogP contribution in [0.1, 0.15) is 15.6 Å². The third kappa shape index (κ3) is 5.55. The average Bonchev–Trinajstić information content (AvgIpc) is 3.29. The van der Waals surface area contributed by atoms with Gasteiger partial charge in [0.25, 0.3) is 0 Å². The summed E-state index contributed by atoms with van der Waals surface area (Å²) < 4.78 is 37.4. The number of thiazole rings is 1. The predicted octanol–water partition coefficient (Wildman–Crippen LogP) is 3.44. The number of anilines is 2. The average molecular weight is 433 g/mol. The first-order valence-electron chi connectivity index (χ1n) is 7.27. The summed E-state index contributed by atoms with van der Waals surface area (Å²) in [5.41, 5.74) is 0.379. The standard InChI is InChI=1S/C14H10F3N5O2S3/c15-14(16,17)11-21-22-13(27-11)20-9(23)4-7-6-26-12(18-7)19-10(24)5-8-2-1-3-25-8/h1-3,6H,4-5H2,(H,18,19,24)(H,20,22,23). The van der Waals surface area contributed by atoms with Gasteiger partial charge in [-0.25, -0.2) is 4.98 Å². The molecule has 0 saturated carbocycles. The maximum absolute atomic E-state index is 12.5. The molecule has 0 spiro atoms. The van der Waals surface area contributed by atoms with Crippen LogP contribution >= 0.6 is 34.0 Å². The lowest BCUT2D eigenvalue weighted by molar-refractivity contribution is -0.138. The molecule has 0 atom stereocenters. The van der Waals surface area contributed by atoms with Gasteiger partial charge in [0.15, 0.2) is 5.13 Å². The lowest BCUT2D eigenvalue weighted by Crippen LogP contribution is -2.15. The fourth-order valence-electron chi connectivity index (χ4n) is 1.90. The molecule has 0 aliphatic rings. The first-order chi connectivity index (χ1) is 12.8. The highest BCUT2D eigenvalue weighted by atomic mass is 32.1. The number of nitrogens with zero attached hydrogens (tertiary/aromatic N) is 3. The van der Waals surface area contributed by atoms with Crippen molar-refractivity contribution in [2.24, 2.45) is 0 Å². The minimum Gasteiger partial charge on any atom is -0.302 e. The summed E-state index contributed by atoms with van der Waals surface area (Å²) in [4.78, 5) is 28.9.